The van der Waals surface area contributed by atoms with Gasteiger partial charge in [-0.3, -0.25) is 0 Å². The topological polar surface area (TPSA) is 46.2 Å². The lowest BCUT2D eigenvalue weighted by Gasteiger charge is -2.33. The van der Waals surface area contributed by atoms with Gasteiger partial charge >= 0.3 is 6.18 Å². The summed E-state index contributed by atoms with van der Waals surface area (Å²) in [7, 11) is 0. The van der Waals surface area contributed by atoms with Crippen molar-refractivity contribution in [2.75, 3.05) is 0 Å². The Labute approximate surface area is 98.3 Å². The summed E-state index contributed by atoms with van der Waals surface area (Å²) >= 11 is 0. The van der Waals surface area contributed by atoms with Crippen LogP contribution in [0.4, 0.5) is 13.2 Å². The monoisotopic (exact) mass is 247 g/mol. The van der Waals surface area contributed by atoms with E-state index in [0.717, 1.165) is 0 Å². The molecule has 0 aliphatic carbocycles. The molecule has 2 nitrogen and oxygen atoms in total. The van der Waals surface area contributed by atoms with Crippen molar-refractivity contribution >= 4 is 0 Å². The van der Waals surface area contributed by atoms with Crippen molar-refractivity contribution in [2.24, 2.45) is 5.73 Å². The molecule has 17 heavy (non-hydrogen) atoms. The maximum Gasteiger partial charge on any atom is 0.406 e. The first-order chi connectivity index (χ1) is 7.74. The van der Waals surface area contributed by atoms with Crippen molar-refractivity contribution in [1.29, 1.82) is 0 Å². The van der Waals surface area contributed by atoms with Crippen molar-refractivity contribution in [3.8, 4) is 0 Å². The molecule has 0 aliphatic rings. The van der Waals surface area contributed by atoms with Crippen molar-refractivity contribution in [2.45, 2.75) is 37.6 Å². The quantitative estimate of drug-likeness (QED) is 0.857. The largest absolute Gasteiger partial charge is 0.406 e. The molecule has 0 radical (unpaired) electrons. The lowest BCUT2D eigenvalue weighted by atomic mass is 9.86. The van der Waals surface area contributed by atoms with Gasteiger partial charge in [-0.15, -0.1) is 0 Å². The summed E-state index contributed by atoms with van der Waals surface area (Å²) in [6.07, 6.45) is -6.47. The van der Waals surface area contributed by atoms with Gasteiger partial charge in [0.1, 0.15) is 5.54 Å². The second-order valence-electron chi connectivity index (χ2n) is 4.37. The molecule has 2 unspecified atom stereocenters. The summed E-state index contributed by atoms with van der Waals surface area (Å²) in [5, 5.41) is 9.15. The smallest absolute Gasteiger partial charge is 0.393 e. The second kappa shape index (κ2) is 5.06. The standard InChI is InChI=1S/C12H16F3NO/c1-9(17)7-11(16,12(13,14)15)8-10-5-3-2-4-6-10/h2-6,9,17H,7-8,16H2,1H3. The first-order valence-corrected chi connectivity index (χ1v) is 5.32. The zero-order valence-corrected chi connectivity index (χ0v) is 9.54. The minimum Gasteiger partial charge on any atom is -0.393 e. The molecule has 0 saturated carbocycles. The summed E-state index contributed by atoms with van der Waals surface area (Å²) in [6, 6.07) is 8.23. The number of halogens is 3. The molecule has 0 bridgehead atoms. The van der Waals surface area contributed by atoms with Crippen molar-refractivity contribution in [3.05, 3.63) is 35.9 Å². The van der Waals surface area contributed by atoms with Gasteiger partial charge in [-0.25, -0.2) is 0 Å². The summed E-state index contributed by atoms with van der Waals surface area (Å²) < 4.78 is 38.7. The normalized spacial score (nSPS) is 17.5. The highest BCUT2D eigenvalue weighted by molar-refractivity contribution is 5.19. The molecular weight excluding hydrogens is 231 g/mol. The minimum absolute atomic E-state index is 0.331. The maximum absolute atomic E-state index is 12.9. The van der Waals surface area contributed by atoms with Gasteiger partial charge in [-0.1, -0.05) is 30.3 Å². The Morgan fingerprint density at radius 2 is 1.76 bits per heavy atom. The van der Waals surface area contributed by atoms with Crippen LogP contribution in [0.2, 0.25) is 0 Å². The third kappa shape index (κ3) is 3.71. The Morgan fingerprint density at radius 1 is 1.24 bits per heavy atom. The van der Waals surface area contributed by atoms with Crippen LogP contribution in [0.1, 0.15) is 18.9 Å². The lowest BCUT2D eigenvalue weighted by Crippen LogP contribution is -2.56. The number of aliphatic hydroxyl groups excluding tert-OH is 1. The fourth-order valence-corrected chi connectivity index (χ4v) is 1.78. The van der Waals surface area contributed by atoms with Gasteiger partial charge < -0.3 is 10.8 Å². The highest BCUT2D eigenvalue weighted by Crippen LogP contribution is 2.34. The van der Waals surface area contributed by atoms with E-state index in [1.165, 1.54) is 6.92 Å². The number of hydrogen-bond acceptors (Lipinski definition) is 2. The van der Waals surface area contributed by atoms with Gasteiger partial charge in [-0.05, 0) is 18.9 Å². The highest BCUT2D eigenvalue weighted by atomic mass is 19.4. The van der Waals surface area contributed by atoms with Gasteiger partial charge in [0.15, 0.2) is 0 Å². The Hall–Kier alpha value is -1.07. The van der Waals surface area contributed by atoms with Gasteiger partial charge in [-0.2, -0.15) is 13.2 Å². The Balaban J connectivity index is 2.92. The lowest BCUT2D eigenvalue weighted by molar-refractivity contribution is -0.192. The number of alkyl halides is 3. The zero-order chi connectivity index (χ0) is 13.1. The third-order valence-electron chi connectivity index (χ3n) is 2.59. The molecule has 0 aliphatic heterocycles. The zero-order valence-electron chi connectivity index (χ0n) is 9.54. The van der Waals surface area contributed by atoms with Gasteiger partial charge in [0, 0.05) is 6.42 Å². The van der Waals surface area contributed by atoms with Crippen LogP contribution in [0.5, 0.6) is 0 Å². The Kier molecular flexibility index (Phi) is 4.16. The van der Waals surface area contributed by atoms with E-state index in [2.05, 4.69) is 0 Å². The van der Waals surface area contributed by atoms with E-state index in [9.17, 15) is 13.2 Å². The van der Waals surface area contributed by atoms with Crippen LogP contribution in [0.3, 0.4) is 0 Å². The van der Waals surface area contributed by atoms with Crippen LogP contribution < -0.4 is 5.73 Å². The molecule has 2 atom stereocenters. The SMILES string of the molecule is CC(O)CC(N)(Cc1ccccc1)C(F)(F)F. The van der Waals surface area contributed by atoms with E-state index in [-0.39, 0.29) is 6.42 Å². The molecule has 5 heteroatoms. The molecule has 1 aromatic carbocycles. The van der Waals surface area contributed by atoms with Crippen LogP contribution >= 0.6 is 0 Å². The van der Waals surface area contributed by atoms with Crippen LogP contribution in [-0.2, 0) is 6.42 Å². The van der Waals surface area contributed by atoms with Crippen LogP contribution in [0.25, 0.3) is 0 Å². The Morgan fingerprint density at radius 3 is 2.18 bits per heavy atom. The van der Waals surface area contributed by atoms with Crippen LogP contribution in [-0.4, -0.2) is 22.9 Å². The fourth-order valence-electron chi connectivity index (χ4n) is 1.78. The van der Waals surface area contributed by atoms with E-state index in [1.807, 2.05) is 0 Å². The molecule has 1 rings (SSSR count). The molecule has 0 amide bonds. The predicted molar refractivity (Wildman–Crippen MR) is 59.4 cm³/mol. The van der Waals surface area contributed by atoms with E-state index in [1.54, 1.807) is 30.3 Å². The van der Waals surface area contributed by atoms with E-state index < -0.39 is 24.2 Å². The first-order valence-electron chi connectivity index (χ1n) is 5.32. The molecular formula is C12H16F3NO. The van der Waals surface area contributed by atoms with Crippen molar-refractivity contribution in [3.63, 3.8) is 0 Å². The molecule has 0 aromatic heterocycles. The average molecular weight is 247 g/mol. The number of benzene rings is 1. The molecule has 96 valence electrons. The maximum atomic E-state index is 12.9. The molecule has 0 fully saturated rings. The first kappa shape index (κ1) is 14.0. The average Bonchev–Trinajstić information content (AvgIpc) is 2.15. The predicted octanol–water partition coefficient (Wildman–Crippen LogP) is 2.26. The fraction of sp³-hybridized carbons (Fsp3) is 0.500. The van der Waals surface area contributed by atoms with E-state index >= 15 is 0 Å². The molecule has 1 aromatic rings. The van der Waals surface area contributed by atoms with Crippen LogP contribution in [0.15, 0.2) is 30.3 Å². The second-order valence-corrected chi connectivity index (χ2v) is 4.37. The minimum atomic E-state index is -4.54. The Bertz CT molecular complexity index is 351. The molecule has 0 saturated heterocycles. The van der Waals surface area contributed by atoms with E-state index in [0.29, 0.717) is 5.56 Å². The summed E-state index contributed by atoms with van der Waals surface area (Å²) in [5.41, 5.74) is 3.54. The van der Waals surface area contributed by atoms with Crippen molar-refractivity contribution in [1.82, 2.24) is 0 Å². The summed E-state index contributed by atoms with van der Waals surface area (Å²) in [6.45, 7) is 1.30. The highest BCUT2D eigenvalue weighted by Gasteiger charge is 2.52. The number of aliphatic hydroxyl groups is 1. The van der Waals surface area contributed by atoms with Crippen LogP contribution in [0, 0.1) is 0 Å². The number of nitrogens with two attached hydrogens (primary N) is 1. The van der Waals surface area contributed by atoms with Gasteiger partial charge in [0.2, 0.25) is 0 Å². The van der Waals surface area contributed by atoms with Gasteiger partial charge in [0.05, 0.1) is 6.10 Å². The van der Waals surface area contributed by atoms with E-state index in [4.69, 9.17) is 10.8 Å². The van der Waals surface area contributed by atoms with Crippen molar-refractivity contribution < 1.29 is 18.3 Å². The molecule has 0 spiro atoms. The molecule has 3 N–H and O–H groups in total. The summed E-state index contributed by atoms with van der Waals surface area (Å²) in [4.78, 5) is 0. The molecule has 0 heterocycles. The number of rotatable bonds is 4. The number of hydrogen-bond donors (Lipinski definition) is 2. The third-order valence-corrected chi connectivity index (χ3v) is 2.59. The van der Waals surface area contributed by atoms with Gasteiger partial charge in [0.25, 0.3) is 0 Å². The summed E-state index contributed by atoms with van der Waals surface area (Å²) in [5.74, 6) is 0.